The third-order valence-electron chi connectivity index (χ3n) is 10.2. The molecule has 7 rings (SSSR count). The summed E-state index contributed by atoms with van der Waals surface area (Å²) in [6.07, 6.45) is -0.179. The molecule has 0 bridgehead atoms. The molecule has 3 atom stereocenters. The maximum Gasteiger partial charge on any atom is 0.408 e. The number of aromatic nitrogens is 2. The average Bonchev–Trinajstić information content (AvgIpc) is 3.46. The van der Waals surface area contributed by atoms with Crippen LogP contribution in [0, 0.1) is 12.7 Å². The highest BCUT2D eigenvalue weighted by atomic mass is 19.1. The summed E-state index contributed by atoms with van der Waals surface area (Å²) in [6, 6.07) is 10.4. The Morgan fingerprint density at radius 1 is 1.18 bits per heavy atom. The number of esters is 1. The van der Waals surface area contributed by atoms with Crippen molar-refractivity contribution in [2.45, 2.75) is 83.9 Å². The number of carbonyl (C=O) groups is 2. The number of anilines is 1. The number of nitrogens with one attached hydrogen (secondary N) is 3. The first kappa shape index (κ1) is 32.7. The van der Waals surface area contributed by atoms with Gasteiger partial charge in [0.2, 0.25) is 0 Å². The number of ether oxygens (including phenoxy) is 2. The van der Waals surface area contributed by atoms with E-state index in [-0.39, 0.29) is 42.6 Å². The van der Waals surface area contributed by atoms with Gasteiger partial charge in [0.05, 0.1) is 35.1 Å². The van der Waals surface area contributed by atoms with Gasteiger partial charge < -0.3 is 35.1 Å². The summed E-state index contributed by atoms with van der Waals surface area (Å²) in [5.74, 6) is -1.20. The minimum absolute atomic E-state index is 0.0141. The zero-order valence-electron chi connectivity index (χ0n) is 28.2. The number of nitrogens with zero attached hydrogens (tertiary/aromatic N) is 2. The molecular formula is C37H40FN5O6. The van der Waals surface area contributed by atoms with Gasteiger partial charge in [0.15, 0.2) is 5.60 Å². The molecule has 49 heavy (non-hydrogen) atoms. The van der Waals surface area contributed by atoms with Crippen molar-refractivity contribution in [2.24, 2.45) is 0 Å². The lowest BCUT2D eigenvalue weighted by atomic mass is 9.81. The molecule has 1 unspecified atom stereocenters. The first-order valence-electron chi connectivity index (χ1n) is 16.7. The van der Waals surface area contributed by atoms with Crippen molar-refractivity contribution in [1.29, 1.82) is 0 Å². The summed E-state index contributed by atoms with van der Waals surface area (Å²) in [6.45, 7) is 7.74. The fourth-order valence-electron chi connectivity index (χ4n) is 7.44. The zero-order chi connectivity index (χ0) is 34.8. The molecule has 3 aliphatic rings. The van der Waals surface area contributed by atoms with Gasteiger partial charge in [-0.25, -0.2) is 19.0 Å². The van der Waals surface area contributed by atoms with E-state index in [0.717, 1.165) is 33.3 Å². The summed E-state index contributed by atoms with van der Waals surface area (Å²) in [4.78, 5) is 45.2. The summed E-state index contributed by atoms with van der Waals surface area (Å²) in [5, 5.41) is 21.6. The summed E-state index contributed by atoms with van der Waals surface area (Å²) < 4.78 is 28.1. The molecule has 4 N–H and O–H groups in total. The molecule has 0 spiro atoms. The number of hydrogen-bond donors (Lipinski definition) is 4. The Bertz CT molecular complexity index is 2080. The summed E-state index contributed by atoms with van der Waals surface area (Å²) >= 11 is 0. The molecule has 4 aromatic rings. The highest BCUT2D eigenvalue weighted by Crippen LogP contribution is 2.46. The standard InChI is InChI=1S/C37H40FN5O6/c1-6-37(47)25-13-29-33-23(16-43(29)34(44)24(25)17-48-35(37)45)32-27(12-11-22-19(4)26(38)14-28(41-33)31(22)32)42-36(46)49-30(15-40-18(2)3)20-7-9-21(39-5)10-8-20/h7-10,13-14,18,27,30,39-40,47H,6,11-12,15-17H2,1-5H3,(H,42,46)/t27-,30?,37-/m0/s1. The highest BCUT2D eigenvalue weighted by molar-refractivity contribution is 5.93. The molecule has 1 amide bonds. The highest BCUT2D eigenvalue weighted by Gasteiger charge is 2.46. The lowest BCUT2D eigenvalue weighted by molar-refractivity contribution is -0.172. The van der Waals surface area contributed by atoms with Crippen LogP contribution in [-0.2, 0) is 39.4 Å². The maximum atomic E-state index is 15.3. The van der Waals surface area contributed by atoms with Gasteiger partial charge in [-0.2, -0.15) is 0 Å². The Labute approximate surface area is 282 Å². The van der Waals surface area contributed by atoms with E-state index in [1.165, 1.54) is 6.07 Å². The molecule has 256 valence electrons. The number of halogens is 1. The normalized spacial score (nSPS) is 19.6. The molecule has 2 aromatic carbocycles. The molecule has 0 radical (unpaired) electrons. The van der Waals surface area contributed by atoms with Crippen LogP contribution in [0.25, 0.3) is 22.3 Å². The van der Waals surface area contributed by atoms with Gasteiger partial charge in [-0.3, -0.25) is 4.79 Å². The second-order valence-corrected chi connectivity index (χ2v) is 13.4. The second kappa shape index (κ2) is 12.3. The number of rotatable bonds is 8. The van der Waals surface area contributed by atoms with Crippen molar-refractivity contribution in [1.82, 2.24) is 20.2 Å². The van der Waals surface area contributed by atoms with Gasteiger partial charge >= 0.3 is 12.1 Å². The SMILES string of the molecule is CC[C@@]1(O)C(=O)OCc2c1cc1n(c2=O)Cc2c-1nc1cc(F)c(C)c3c1c2[C@@H](NC(=O)OC(CNC(C)C)c1ccc(NC)cc1)CC3. The molecule has 1 aliphatic carbocycles. The summed E-state index contributed by atoms with van der Waals surface area (Å²) in [5.41, 5.74) is 3.89. The van der Waals surface area contributed by atoms with Gasteiger partial charge in [0, 0.05) is 47.9 Å². The fourth-order valence-corrected chi connectivity index (χ4v) is 7.44. The average molecular weight is 670 g/mol. The number of benzene rings is 2. The van der Waals surface area contributed by atoms with Crippen molar-refractivity contribution in [3.05, 3.63) is 91.5 Å². The number of aryl methyl sites for hydroxylation is 1. The van der Waals surface area contributed by atoms with E-state index >= 15 is 4.39 Å². The predicted octanol–water partition coefficient (Wildman–Crippen LogP) is 5.02. The Morgan fingerprint density at radius 3 is 2.63 bits per heavy atom. The van der Waals surface area contributed by atoms with Gasteiger partial charge in [-0.1, -0.05) is 32.9 Å². The van der Waals surface area contributed by atoms with E-state index in [9.17, 15) is 19.5 Å². The van der Waals surface area contributed by atoms with Crippen molar-refractivity contribution in [3.8, 4) is 11.4 Å². The van der Waals surface area contributed by atoms with Crippen molar-refractivity contribution in [3.63, 3.8) is 0 Å². The van der Waals surface area contributed by atoms with E-state index in [0.29, 0.717) is 41.9 Å². The van der Waals surface area contributed by atoms with E-state index in [4.69, 9.17) is 14.5 Å². The van der Waals surface area contributed by atoms with Gasteiger partial charge in [-0.05, 0) is 66.6 Å². The Balaban J connectivity index is 1.31. The van der Waals surface area contributed by atoms with Crippen LogP contribution in [0.4, 0.5) is 14.9 Å². The van der Waals surface area contributed by atoms with Gasteiger partial charge in [0.25, 0.3) is 5.56 Å². The molecule has 0 saturated carbocycles. The van der Waals surface area contributed by atoms with E-state index in [2.05, 4.69) is 16.0 Å². The van der Waals surface area contributed by atoms with E-state index < -0.39 is 35.4 Å². The van der Waals surface area contributed by atoms with Gasteiger partial charge in [-0.15, -0.1) is 0 Å². The van der Waals surface area contributed by atoms with Gasteiger partial charge in [0.1, 0.15) is 18.5 Å². The molecular weight excluding hydrogens is 629 g/mol. The third kappa shape index (κ3) is 5.34. The maximum absolute atomic E-state index is 15.3. The van der Waals surface area contributed by atoms with Crippen LogP contribution in [0.15, 0.2) is 41.2 Å². The molecule has 2 aliphatic heterocycles. The number of pyridine rings is 2. The van der Waals surface area contributed by atoms with Crippen LogP contribution < -0.4 is 21.5 Å². The molecule has 11 nitrogen and oxygen atoms in total. The van der Waals surface area contributed by atoms with E-state index in [1.807, 2.05) is 45.2 Å². The van der Waals surface area contributed by atoms with Crippen LogP contribution in [0.5, 0.6) is 0 Å². The number of aliphatic hydroxyl groups is 1. The number of alkyl carbamates (subject to hydrolysis) is 1. The molecule has 0 saturated heterocycles. The number of cyclic esters (lactones) is 1. The Hall–Kier alpha value is -4.81. The molecule has 0 fully saturated rings. The third-order valence-corrected chi connectivity index (χ3v) is 10.2. The molecule has 4 heterocycles. The number of fused-ring (bicyclic) bond motifs is 5. The van der Waals surface area contributed by atoms with Crippen molar-refractivity contribution >= 4 is 28.7 Å². The second-order valence-electron chi connectivity index (χ2n) is 13.4. The minimum Gasteiger partial charge on any atom is -0.458 e. The largest absolute Gasteiger partial charge is 0.458 e. The predicted molar refractivity (Wildman–Crippen MR) is 182 cm³/mol. The van der Waals surface area contributed by atoms with Crippen LogP contribution in [0.3, 0.4) is 0 Å². The van der Waals surface area contributed by atoms with Crippen molar-refractivity contribution < 1.29 is 28.6 Å². The number of hydrogen-bond acceptors (Lipinski definition) is 9. The quantitative estimate of drug-likeness (QED) is 0.168. The van der Waals surface area contributed by atoms with E-state index in [1.54, 1.807) is 24.5 Å². The molecule has 12 heteroatoms. The first-order chi connectivity index (χ1) is 23.4. The smallest absolute Gasteiger partial charge is 0.408 e. The lowest BCUT2D eigenvalue weighted by Crippen LogP contribution is -2.44. The van der Waals surface area contributed by atoms with Crippen LogP contribution in [-0.4, -0.2) is 46.4 Å². The monoisotopic (exact) mass is 669 g/mol. The van der Waals surface area contributed by atoms with Crippen LogP contribution in [0.2, 0.25) is 0 Å². The van der Waals surface area contributed by atoms with Crippen LogP contribution >= 0.6 is 0 Å². The minimum atomic E-state index is -1.98. The lowest BCUT2D eigenvalue weighted by Gasteiger charge is -2.31. The fraction of sp³-hybridized carbons (Fsp3) is 0.405. The Kier molecular flexibility index (Phi) is 8.19. The molecule has 2 aromatic heterocycles. The van der Waals surface area contributed by atoms with Crippen molar-refractivity contribution in [2.75, 3.05) is 18.9 Å². The topological polar surface area (TPSA) is 144 Å². The number of amides is 1. The van der Waals surface area contributed by atoms with Crippen LogP contribution in [0.1, 0.15) is 84.7 Å². The first-order valence-corrected chi connectivity index (χ1v) is 16.7. The summed E-state index contributed by atoms with van der Waals surface area (Å²) in [7, 11) is 1.84. The Morgan fingerprint density at radius 2 is 1.94 bits per heavy atom. The number of carbonyl (C=O) groups excluding carboxylic acids is 2. The zero-order valence-corrected chi connectivity index (χ0v) is 28.2.